The van der Waals surface area contributed by atoms with Crippen LogP contribution in [0, 0.1) is 0 Å². The molecular weight excluding hydrogens is 526 g/mol. The summed E-state index contributed by atoms with van der Waals surface area (Å²) in [6.45, 7) is -0.402. The summed E-state index contributed by atoms with van der Waals surface area (Å²) in [5.74, 6) is 0. The van der Waals surface area contributed by atoms with Crippen molar-refractivity contribution in [3.63, 3.8) is 0 Å². The van der Waals surface area contributed by atoms with Gasteiger partial charge in [0.1, 0.15) is 41.2 Å². The second kappa shape index (κ2) is 10.8. The van der Waals surface area contributed by atoms with E-state index in [-0.39, 0.29) is 0 Å². The first-order valence-electron chi connectivity index (χ1n) is 10.8. The van der Waals surface area contributed by atoms with Crippen LogP contribution in [0.25, 0.3) is 22.6 Å². The molecule has 4 aromatic rings. The molecule has 0 amide bonds. The molecule has 11 nitrogen and oxygen atoms in total. The van der Waals surface area contributed by atoms with Crippen molar-refractivity contribution >= 4 is 39.8 Å². The molecule has 0 radical (unpaired) electrons. The van der Waals surface area contributed by atoms with Crippen molar-refractivity contribution < 1.29 is 19.7 Å². The lowest BCUT2D eigenvalue weighted by Gasteiger charge is -2.43. The molecule has 5 rings (SSSR count). The van der Waals surface area contributed by atoms with E-state index in [0.29, 0.717) is 27.2 Å². The van der Waals surface area contributed by atoms with E-state index in [0.717, 1.165) is 10.5 Å². The number of nitrogen functional groups attached to an aromatic ring is 1. The van der Waals surface area contributed by atoms with Crippen molar-refractivity contribution in [2.75, 3.05) is 19.5 Å². The van der Waals surface area contributed by atoms with E-state index in [2.05, 4.69) is 25.3 Å². The number of halogens is 1. The molecule has 5 heterocycles. The zero-order chi connectivity index (χ0) is 25.2. The largest absolute Gasteiger partial charge is 0.394 e. The summed E-state index contributed by atoms with van der Waals surface area (Å²) >= 11 is 8.91. The first kappa shape index (κ1) is 25.0. The molecule has 4 aromatic heterocycles. The van der Waals surface area contributed by atoms with Crippen molar-refractivity contribution in [3.05, 3.63) is 53.4 Å². The number of nitrogens with zero attached hydrogens (tertiary/aromatic N) is 6. The van der Waals surface area contributed by atoms with Gasteiger partial charge in [-0.15, -0.1) is 16.4 Å². The van der Waals surface area contributed by atoms with Gasteiger partial charge in [-0.2, -0.15) is 0 Å². The third-order valence-electron chi connectivity index (χ3n) is 5.71. The van der Waals surface area contributed by atoms with Crippen molar-refractivity contribution in [2.45, 2.75) is 34.7 Å². The summed E-state index contributed by atoms with van der Waals surface area (Å²) in [6, 6.07) is 4.77. The van der Waals surface area contributed by atoms with Crippen LogP contribution in [0.5, 0.6) is 0 Å². The zero-order valence-electron chi connectivity index (χ0n) is 18.9. The minimum Gasteiger partial charge on any atom is -0.394 e. The highest BCUT2D eigenvalue weighted by Crippen LogP contribution is 2.42. The lowest BCUT2D eigenvalue weighted by Crippen LogP contribution is -2.55. The fourth-order valence-electron chi connectivity index (χ4n) is 4.02. The molecule has 4 N–H and O–H groups in total. The van der Waals surface area contributed by atoms with Crippen LogP contribution in [0.1, 0.15) is 6.04 Å². The number of rotatable bonds is 7. The number of pyridine rings is 2. The Kier molecular flexibility index (Phi) is 7.48. The topological polar surface area (TPSA) is 154 Å². The number of thioether (sulfide) groups is 1. The number of aliphatic hydroxyl groups excluding tert-OH is 2. The zero-order valence-corrected chi connectivity index (χ0v) is 21.3. The van der Waals surface area contributed by atoms with Gasteiger partial charge in [0, 0.05) is 41.5 Å². The minimum atomic E-state index is -1.12. The molecule has 36 heavy (non-hydrogen) atoms. The fourth-order valence-corrected chi connectivity index (χ4v) is 6.13. The predicted octanol–water partition coefficient (Wildman–Crippen LogP) is 2.52. The Morgan fingerprint density at radius 2 is 2.11 bits per heavy atom. The summed E-state index contributed by atoms with van der Waals surface area (Å²) < 4.78 is 13.4. The summed E-state index contributed by atoms with van der Waals surface area (Å²) in [4.78, 5) is 13.6. The summed E-state index contributed by atoms with van der Waals surface area (Å²) in [5.41, 5.74) is 7.73. The van der Waals surface area contributed by atoms with E-state index in [1.807, 2.05) is 12.1 Å². The monoisotopic (exact) mass is 547 g/mol. The van der Waals surface area contributed by atoms with Crippen LogP contribution in [-0.2, 0) is 9.47 Å². The average Bonchev–Trinajstić information content (AvgIpc) is 3.54. The van der Waals surface area contributed by atoms with Crippen LogP contribution >= 0.6 is 34.7 Å². The molecule has 0 bridgehead atoms. The fraction of sp³-hybridized carbons (Fsp3) is 0.318. The standard InChI is InChI=1S/C22H22ClN7O4S2/c1-33-20-18(30-8-13(28-29-30)14-10-35-22(24)27-14)19(32)15(9-31)34-21(20)36-16-6-12(23)7-26-17(16)11-2-4-25-5-3-11/h2-8,10,15,18-21,31-32H,9H2,1H3,(H2,24,27)/t15?,18-,19-,20?,21+/m0/s1. The van der Waals surface area contributed by atoms with Crippen molar-refractivity contribution in [1.82, 2.24) is 29.9 Å². The molecular formula is C22H22ClN7O4S2. The maximum absolute atomic E-state index is 11.1. The van der Waals surface area contributed by atoms with E-state index in [1.54, 1.807) is 36.2 Å². The first-order valence-corrected chi connectivity index (χ1v) is 12.9. The van der Waals surface area contributed by atoms with Gasteiger partial charge in [-0.3, -0.25) is 9.97 Å². The lowest BCUT2D eigenvalue weighted by atomic mass is 9.97. The Hall–Kier alpha value is -2.65. The molecule has 1 aliphatic heterocycles. The molecule has 1 saturated heterocycles. The molecule has 1 aliphatic rings. The number of hydrogen-bond donors (Lipinski definition) is 3. The third kappa shape index (κ3) is 4.95. The Labute approximate surface area is 219 Å². The number of methoxy groups -OCH3 is 1. The predicted molar refractivity (Wildman–Crippen MR) is 135 cm³/mol. The maximum atomic E-state index is 11.1. The quantitative estimate of drug-likeness (QED) is 0.312. The van der Waals surface area contributed by atoms with E-state index >= 15 is 0 Å². The van der Waals surface area contributed by atoms with Crippen molar-refractivity contribution in [2.24, 2.45) is 0 Å². The Morgan fingerprint density at radius 1 is 1.31 bits per heavy atom. The van der Waals surface area contributed by atoms with Gasteiger partial charge in [0.2, 0.25) is 0 Å². The average molecular weight is 548 g/mol. The van der Waals surface area contributed by atoms with Crippen LogP contribution in [0.15, 0.2) is 53.3 Å². The molecule has 14 heteroatoms. The second-order valence-corrected chi connectivity index (χ2v) is 10.4. The van der Waals surface area contributed by atoms with Crippen LogP contribution in [0.4, 0.5) is 5.13 Å². The van der Waals surface area contributed by atoms with Crippen LogP contribution in [-0.4, -0.2) is 77.6 Å². The van der Waals surface area contributed by atoms with E-state index < -0.39 is 36.4 Å². The van der Waals surface area contributed by atoms with E-state index in [4.69, 9.17) is 26.8 Å². The molecule has 0 aromatic carbocycles. The van der Waals surface area contributed by atoms with Gasteiger partial charge in [0.05, 0.1) is 23.5 Å². The number of thiazole rings is 1. The van der Waals surface area contributed by atoms with Crippen LogP contribution < -0.4 is 5.73 Å². The molecule has 188 valence electrons. The van der Waals surface area contributed by atoms with E-state index in [1.165, 1.54) is 34.9 Å². The number of aliphatic hydroxyl groups is 2. The smallest absolute Gasteiger partial charge is 0.180 e. The van der Waals surface area contributed by atoms with Gasteiger partial charge in [-0.25, -0.2) is 9.67 Å². The Morgan fingerprint density at radius 3 is 2.81 bits per heavy atom. The summed E-state index contributed by atoms with van der Waals surface area (Å²) in [6.07, 6.45) is 3.92. The lowest BCUT2D eigenvalue weighted by molar-refractivity contribution is -0.186. The van der Waals surface area contributed by atoms with E-state index in [9.17, 15) is 10.2 Å². The highest BCUT2D eigenvalue weighted by Gasteiger charge is 2.47. The van der Waals surface area contributed by atoms with Crippen molar-refractivity contribution in [3.8, 4) is 22.6 Å². The first-order chi connectivity index (χ1) is 17.5. The normalized spacial score (nSPS) is 24.2. The number of hydrogen-bond acceptors (Lipinski definition) is 12. The third-order valence-corrected chi connectivity index (χ3v) is 7.77. The molecule has 2 unspecified atom stereocenters. The summed E-state index contributed by atoms with van der Waals surface area (Å²) in [7, 11) is 1.53. The minimum absolute atomic E-state index is 0.402. The number of ether oxygens (including phenoxy) is 2. The van der Waals surface area contributed by atoms with Gasteiger partial charge < -0.3 is 25.4 Å². The maximum Gasteiger partial charge on any atom is 0.180 e. The summed E-state index contributed by atoms with van der Waals surface area (Å²) in [5, 5.41) is 32.2. The number of anilines is 1. The van der Waals surface area contributed by atoms with Gasteiger partial charge in [-0.05, 0) is 18.2 Å². The second-order valence-electron chi connectivity index (χ2n) is 7.92. The Balaban J connectivity index is 1.49. The molecule has 0 saturated carbocycles. The van der Waals surface area contributed by atoms with Crippen molar-refractivity contribution in [1.29, 1.82) is 0 Å². The molecule has 1 fully saturated rings. The molecule has 5 atom stereocenters. The number of nitrogens with two attached hydrogens (primary N) is 1. The van der Waals surface area contributed by atoms with Gasteiger partial charge in [-0.1, -0.05) is 28.6 Å². The molecule has 0 aliphatic carbocycles. The SMILES string of the molecule is COC1[C@@H](Sc2cc(Cl)cnc2-c2ccncc2)OC(CO)[C@H](O)[C@@H]1n1cc(-c2csc(N)n2)nn1. The highest BCUT2D eigenvalue weighted by atomic mass is 35.5. The van der Waals surface area contributed by atoms with Gasteiger partial charge in [0.15, 0.2) is 5.13 Å². The van der Waals surface area contributed by atoms with Crippen LogP contribution in [0.3, 0.4) is 0 Å². The highest BCUT2D eigenvalue weighted by molar-refractivity contribution is 8.00. The molecule has 0 spiro atoms. The number of aromatic nitrogens is 6. The Bertz CT molecular complexity index is 1320. The van der Waals surface area contributed by atoms with Gasteiger partial charge >= 0.3 is 0 Å². The van der Waals surface area contributed by atoms with Gasteiger partial charge in [0.25, 0.3) is 0 Å². The van der Waals surface area contributed by atoms with Crippen LogP contribution in [0.2, 0.25) is 5.02 Å².